The molecule has 1 unspecified atom stereocenters. The highest BCUT2D eigenvalue weighted by Crippen LogP contribution is 2.16. The average molecular weight is 324 g/mol. The number of rotatable bonds is 5. The molecule has 0 spiro atoms. The van der Waals surface area contributed by atoms with Gasteiger partial charge in [0.1, 0.15) is 5.75 Å². The Hall–Kier alpha value is -3.33. The van der Waals surface area contributed by atoms with Gasteiger partial charge in [-0.15, -0.1) is 0 Å². The Labute approximate surface area is 139 Å². The quantitative estimate of drug-likeness (QED) is 0.854. The molecule has 0 aromatic heterocycles. The number of nitriles is 1. The molecule has 1 atom stereocenters. The molecule has 1 amide bonds. The predicted molar refractivity (Wildman–Crippen MR) is 87.7 cm³/mol. The number of ether oxygens (including phenoxy) is 2. The molecule has 0 saturated heterocycles. The molecule has 6 nitrogen and oxygen atoms in total. The van der Waals surface area contributed by atoms with Gasteiger partial charge in [-0.3, -0.25) is 4.79 Å². The Bertz CT molecular complexity index is 778. The highest BCUT2D eigenvalue weighted by Gasteiger charge is 2.16. The van der Waals surface area contributed by atoms with Crippen LogP contribution in [0.5, 0.6) is 5.75 Å². The largest absolute Gasteiger partial charge is 0.481 e. The first-order valence-corrected chi connectivity index (χ1v) is 7.19. The lowest BCUT2D eigenvalue weighted by Gasteiger charge is -2.15. The van der Waals surface area contributed by atoms with Gasteiger partial charge < -0.3 is 14.8 Å². The molecule has 0 fully saturated rings. The first kappa shape index (κ1) is 17.0. The summed E-state index contributed by atoms with van der Waals surface area (Å²) in [5.74, 6) is -0.432. The van der Waals surface area contributed by atoms with Crippen molar-refractivity contribution in [3.05, 3.63) is 59.7 Å². The second kappa shape index (κ2) is 7.79. The number of carbonyl (C=O) groups is 2. The molecular formula is C18H16N2O4. The van der Waals surface area contributed by atoms with Crippen LogP contribution in [0.2, 0.25) is 0 Å². The Morgan fingerprint density at radius 2 is 1.88 bits per heavy atom. The fraction of sp³-hybridized carbons (Fsp3) is 0.167. The number of nitrogens with zero attached hydrogens (tertiary/aromatic N) is 1. The van der Waals surface area contributed by atoms with E-state index >= 15 is 0 Å². The topological polar surface area (TPSA) is 88.4 Å². The molecule has 0 aliphatic heterocycles. The van der Waals surface area contributed by atoms with Crippen molar-refractivity contribution in [3.8, 4) is 11.8 Å². The molecule has 0 radical (unpaired) electrons. The van der Waals surface area contributed by atoms with E-state index in [1.54, 1.807) is 49.4 Å². The molecule has 24 heavy (non-hydrogen) atoms. The summed E-state index contributed by atoms with van der Waals surface area (Å²) < 4.78 is 10.2. The molecule has 0 aliphatic rings. The van der Waals surface area contributed by atoms with Gasteiger partial charge in [0.15, 0.2) is 6.10 Å². The van der Waals surface area contributed by atoms with Crippen molar-refractivity contribution < 1.29 is 19.1 Å². The van der Waals surface area contributed by atoms with Crippen LogP contribution in [0.3, 0.4) is 0 Å². The van der Waals surface area contributed by atoms with Gasteiger partial charge >= 0.3 is 5.97 Å². The maximum absolute atomic E-state index is 12.2. The van der Waals surface area contributed by atoms with E-state index in [1.165, 1.54) is 13.2 Å². The maximum Gasteiger partial charge on any atom is 0.337 e. The fourth-order valence-electron chi connectivity index (χ4n) is 1.94. The molecule has 122 valence electrons. The Balaban J connectivity index is 2.00. The zero-order valence-corrected chi connectivity index (χ0v) is 13.3. The van der Waals surface area contributed by atoms with Crippen LogP contribution in [0.25, 0.3) is 0 Å². The maximum atomic E-state index is 12.2. The van der Waals surface area contributed by atoms with E-state index in [0.29, 0.717) is 22.6 Å². The molecule has 2 aromatic rings. The highest BCUT2D eigenvalue weighted by atomic mass is 16.5. The summed E-state index contributed by atoms with van der Waals surface area (Å²) in [4.78, 5) is 23.7. The van der Waals surface area contributed by atoms with E-state index in [-0.39, 0.29) is 5.91 Å². The summed E-state index contributed by atoms with van der Waals surface area (Å²) in [6.45, 7) is 1.60. The van der Waals surface area contributed by atoms with Gasteiger partial charge in [0.2, 0.25) is 0 Å². The van der Waals surface area contributed by atoms with Crippen molar-refractivity contribution in [2.75, 3.05) is 12.4 Å². The van der Waals surface area contributed by atoms with Crippen molar-refractivity contribution >= 4 is 17.6 Å². The van der Waals surface area contributed by atoms with Gasteiger partial charge in [-0.1, -0.05) is 6.07 Å². The first-order valence-electron chi connectivity index (χ1n) is 7.19. The van der Waals surface area contributed by atoms with Gasteiger partial charge in [-0.25, -0.2) is 4.79 Å². The Kier molecular flexibility index (Phi) is 5.53. The molecule has 2 aromatic carbocycles. The van der Waals surface area contributed by atoms with Crippen LogP contribution in [0.1, 0.15) is 22.8 Å². The molecular weight excluding hydrogens is 308 g/mol. The van der Waals surface area contributed by atoms with Gasteiger partial charge in [-0.2, -0.15) is 5.26 Å². The van der Waals surface area contributed by atoms with Crippen LogP contribution in [0.15, 0.2) is 48.5 Å². The van der Waals surface area contributed by atoms with Gasteiger partial charge in [0, 0.05) is 5.69 Å². The zero-order valence-electron chi connectivity index (χ0n) is 13.3. The summed E-state index contributed by atoms with van der Waals surface area (Å²) in [5, 5.41) is 11.4. The van der Waals surface area contributed by atoms with E-state index in [1.807, 2.05) is 6.07 Å². The number of carbonyl (C=O) groups excluding carboxylic acids is 2. The van der Waals surface area contributed by atoms with Gasteiger partial charge in [0.25, 0.3) is 5.91 Å². The number of benzene rings is 2. The molecule has 6 heteroatoms. The summed E-state index contributed by atoms with van der Waals surface area (Å²) in [7, 11) is 1.30. The van der Waals surface area contributed by atoms with Crippen molar-refractivity contribution in [1.29, 1.82) is 5.26 Å². The zero-order chi connectivity index (χ0) is 17.5. The third kappa shape index (κ3) is 4.34. The molecule has 0 saturated carbocycles. The smallest absolute Gasteiger partial charge is 0.337 e. The van der Waals surface area contributed by atoms with Crippen LogP contribution in [0.4, 0.5) is 5.69 Å². The SMILES string of the molecule is COC(=O)c1cccc(OC(C)C(=O)Nc2ccc(C#N)cc2)c1. The van der Waals surface area contributed by atoms with E-state index in [9.17, 15) is 9.59 Å². The third-order valence-corrected chi connectivity index (χ3v) is 3.22. The van der Waals surface area contributed by atoms with E-state index in [0.717, 1.165) is 0 Å². The lowest BCUT2D eigenvalue weighted by molar-refractivity contribution is -0.122. The van der Waals surface area contributed by atoms with Crippen molar-refractivity contribution in [2.45, 2.75) is 13.0 Å². The van der Waals surface area contributed by atoms with Crippen molar-refractivity contribution in [1.82, 2.24) is 0 Å². The Morgan fingerprint density at radius 3 is 2.50 bits per heavy atom. The number of anilines is 1. The number of methoxy groups -OCH3 is 1. The fourth-order valence-corrected chi connectivity index (χ4v) is 1.94. The van der Waals surface area contributed by atoms with Gasteiger partial charge in [0.05, 0.1) is 24.3 Å². The highest BCUT2D eigenvalue weighted by molar-refractivity contribution is 5.94. The van der Waals surface area contributed by atoms with Crippen molar-refractivity contribution in [3.63, 3.8) is 0 Å². The molecule has 0 bridgehead atoms. The summed E-state index contributed by atoms with van der Waals surface area (Å²) in [6.07, 6.45) is -0.770. The Morgan fingerprint density at radius 1 is 1.17 bits per heavy atom. The summed E-state index contributed by atoms with van der Waals surface area (Å²) in [5.41, 5.74) is 1.42. The molecule has 0 heterocycles. The summed E-state index contributed by atoms with van der Waals surface area (Å²) >= 11 is 0. The number of hydrogen-bond donors (Lipinski definition) is 1. The van der Waals surface area contributed by atoms with Crippen LogP contribution in [-0.4, -0.2) is 25.1 Å². The number of esters is 1. The van der Waals surface area contributed by atoms with Crippen molar-refractivity contribution in [2.24, 2.45) is 0 Å². The van der Waals surface area contributed by atoms with Crippen LogP contribution < -0.4 is 10.1 Å². The second-order valence-electron chi connectivity index (χ2n) is 4.96. The number of hydrogen-bond acceptors (Lipinski definition) is 5. The van der Waals surface area contributed by atoms with E-state index < -0.39 is 12.1 Å². The lowest BCUT2D eigenvalue weighted by Crippen LogP contribution is -2.30. The minimum absolute atomic E-state index is 0.342. The second-order valence-corrected chi connectivity index (χ2v) is 4.96. The van der Waals surface area contributed by atoms with E-state index in [2.05, 4.69) is 10.1 Å². The molecule has 0 aliphatic carbocycles. The monoisotopic (exact) mass is 324 g/mol. The minimum Gasteiger partial charge on any atom is -0.481 e. The first-order chi connectivity index (χ1) is 11.5. The summed E-state index contributed by atoms with van der Waals surface area (Å²) in [6, 6.07) is 14.9. The average Bonchev–Trinajstić information content (AvgIpc) is 2.61. The number of nitrogens with one attached hydrogen (secondary N) is 1. The lowest BCUT2D eigenvalue weighted by atomic mass is 10.2. The predicted octanol–water partition coefficient (Wildman–Crippen LogP) is 2.75. The normalized spacial score (nSPS) is 11.0. The molecule has 2 rings (SSSR count). The van der Waals surface area contributed by atoms with Crippen LogP contribution in [-0.2, 0) is 9.53 Å². The van der Waals surface area contributed by atoms with Crippen LogP contribution in [0, 0.1) is 11.3 Å². The standard InChI is InChI=1S/C18H16N2O4/c1-12(17(21)20-15-8-6-13(11-19)7-9-15)24-16-5-3-4-14(10-16)18(22)23-2/h3-10,12H,1-2H3,(H,20,21). The van der Waals surface area contributed by atoms with Crippen LogP contribution >= 0.6 is 0 Å². The van der Waals surface area contributed by atoms with Gasteiger partial charge in [-0.05, 0) is 49.4 Å². The van der Waals surface area contributed by atoms with E-state index in [4.69, 9.17) is 10.00 Å². The minimum atomic E-state index is -0.770. The molecule has 1 N–H and O–H groups in total. The number of amides is 1. The third-order valence-electron chi connectivity index (χ3n) is 3.22.